The van der Waals surface area contributed by atoms with Gasteiger partial charge < -0.3 is 10.2 Å². The third-order valence-electron chi connectivity index (χ3n) is 2.86. The molecule has 15 heavy (non-hydrogen) atoms. The lowest BCUT2D eigenvalue weighted by atomic mass is 10.1. The van der Waals surface area contributed by atoms with Crippen molar-refractivity contribution in [3.8, 4) is 0 Å². The SMILES string of the molecule is C=C(c1ccccc1)N1CCN[C@H](C)C1. The van der Waals surface area contributed by atoms with E-state index in [0.29, 0.717) is 6.04 Å². The number of nitrogens with one attached hydrogen (secondary N) is 1. The van der Waals surface area contributed by atoms with E-state index in [4.69, 9.17) is 0 Å². The molecule has 1 aliphatic rings. The summed E-state index contributed by atoms with van der Waals surface area (Å²) in [5.41, 5.74) is 2.37. The quantitative estimate of drug-likeness (QED) is 0.788. The Labute approximate surface area is 91.6 Å². The van der Waals surface area contributed by atoms with Crippen molar-refractivity contribution in [3.63, 3.8) is 0 Å². The number of hydrogen-bond acceptors (Lipinski definition) is 2. The van der Waals surface area contributed by atoms with E-state index in [1.807, 2.05) is 6.07 Å². The Kier molecular flexibility index (Phi) is 3.07. The van der Waals surface area contributed by atoms with Gasteiger partial charge in [-0.1, -0.05) is 36.9 Å². The number of benzene rings is 1. The fourth-order valence-electron chi connectivity index (χ4n) is 1.99. The lowest BCUT2D eigenvalue weighted by molar-refractivity contribution is 0.290. The maximum absolute atomic E-state index is 4.18. The highest BCUT2D eigenvalue weighted by atomic mass is 15.2. The van der Waals surface area contributed by atoms with Crippen molar-refractivity contribution in [3.05, 3.63) is 42.5 Å². The van der Waals surface area contributed by atoms with Gasteiger partial charge in [0.15, 0.2) is 0 Å². The predicted octanol–water partition coefficient (Wildman–Crippen LogP) is 1.95. The van der Waals surface area contributed by atoms with Crippen LogP contribution in [0, 0.1) is 0 Å². The van der Waals surface area contributed by atoms with Gasteiger partial charge in [0.2, 0.25) is 0 Å². The van der Waals surface area contributed by atoms with E-state index >= 15 is 0 Å². The first kappa shape index (κ1) is 10.2. The van der Waals surface area contributed by atoms with Gasteiger partial charge >= 0.3 is 0 Å². The minimum Gasteiger partial charge on any atom is -0.369 e. The Morgan fingerprint density at radius 1 is 1.40 bits per heavy atom. The second kappa shape index (κ2) is 4.49. The molecule has 0 aliphatic carbocycles. The molecular formula is C13H18N2. The summed E-state index contributed by atoms with van der Waals surface area (Å²) in [6.45, 7) is 9.55. The first-order valence-electron chi connectivity index (χ1n) is 5.50. The molecule has 1 fully saturated rings. The van der Waals surface area contributed by atoms with E-state index in [9.17, 15) is 0 Å². The summed E-state index contributed by atoms with van der Waals surface area (Å²) in [4.78, 5) is 2.36. The average molecular weight is 202 g/mol. The third-order valence-corrected chi connectivity index (χ3v) is 2.86. The lowest BCUT2D eigenvalue weighted by Gasteiger charge is -2.35. The maximum Gasteiger partial charge on any atom is 0.0367 e. The molecular weight excluding hydrogens is 184 g/mol. The van der Waals surface area contributed by atoms with Crippen LogP contribution in [0.2, 0.25) is 0 Å². The molecule has 2 rings (SSSR count). The second-order valence-corrected chi connectivity index (χ2v) is 4.11. The Hall–Kier alpha value is -1.28. The summed E-state index contributed by atoms with van der Waals surface area (Å²) in [7, 11) is 0. The summed E-state index contributed by atoms with van der Waals surface area (Å²) in [5, 5.41) is 3.44. The van der Waals surface area contributed by atoms with Gasteiger partial charge in [-0.05, 0) is 12.5 Å². The zero-order chi connectivity index (χ0) is 10.7. The summed E-state index contributed by atoms with van der Waals surface area (Å²) >= 11 is 0. The van der Waals surface area contributed by atoms with Crippen molar-refractivity contribution in [1.29, 1.82) is 0 Å². The van der Waals surface area contributed by atoms with Gasteiger partial charge in [-0.2, -0.15) is 0 Å². The maximum atomic E-state index is 4.18. The van der Waals surface area contributed by atoms with Gasteiger partial charge in [0, 0.05) is 31.4 Å². The Morgan fingerprint density at radius 3 is 2.80 bits per heavy atom. The fourth-order valence-corrected chi connectivity index (χ4v) is 1.99. The summed E-state index contributed by atoms with van der Waals surface area (Å²) < 4.78 is 0. The molecule has 0 saturated carbocycles. The van der Waals surface area contributed by atoms with Crippen LogP contribution in [-0.2, 0) is 0 Å². The molecule has 1 heterocycles. The van der Waals surface area contributed by atoms with Gasteiger partial charge in [0.1, 0.15) is 0 Å². The van der Waals surface area contributed by atoms with Gasteiger partial charge in [0.05, 0.1) is 0 Å². The van der Waals surface area contributed by atoms with Crippen molar-refractivity contribution in [1.82, 2.24) is 10.2 Å². The highest BCUT2D eigenvalue weighted by molar-refractivity contribution is 5.61. The number of rotatable bonds is 2. The summed E-state index contributed by atoms with van der Waals surface area (Å²) in [5.74, 6) is 0. The lowest BCUT2D eigenvalue weighted by Crippen LogP contribution is -2.48. The van der Waals surface area contributed by atoms with Crippen LogP contribution < -0.4 is 5.32 Å². The Balaban J connectivity index is 2.08. The number of nitrogens with zero attached hydrogens (tertiary/aromatic N) is 1. The second-order valence-electron chi connectivity index (χ2n) is 4.11. The van der Waals surface area contributed by atoms with Gasteiger partial charge in [0.25, 0.3) is 0 Å². The van der Waals surface area contributed by atoms with E-state index in [1.165, 1.54) is 5.56 Å². The first-order chi connectivity index (χ1) is 7.27. The Bertz CT molecular complexity index is 332. The number of piperazine rings is 1. The molecule has 0 radical (unpaired) electrons. The minimum absolute atomic E-state index is 0.555. The molecule has 2 heteroatoms. The monoisotopic (exact) mass is 202 g/mol. The van der Waals surface area contributed by atoms with E-state index < -0.39 is 0 Å². The van der Waals surface area contributed by atoms with Crippen molar-refractivity contribution < 1.29 is 0 Å². The normalized spacial score (nSPS) is 21.4. The standard InChI is InChI=1S/C13H18N2/c1-11-10-15(9-8-14-11)12(2)13-6-4-3-5-7-13/h3-7,11,14H,2,8-10H2,1H3/t11-/m1/s1. The third kappa shape index (κ3) is 2.39. The zero-order valence-corrected chi connectivity index (χ0v) is 9.24. The topological polar surface area (TPSA) is 15.3 Å². The van der Waals surface area contributed by atoms with Crippen LogP contribution in [-0.4, -0.2) is 30.6 Å². The van der Waals surface area contributed by atoms with Gasteiger partial charge in [-0.3, -0.25) is 0 Å². The van der Waals surface area contributed by atoms with Crippen molar-refractivity contribution >= 4 is 5.70 Å². The molecule has 2 nitrogen and oxygen atoms in total. The molecule has 1 N–H and O–H groups in total. The smallest absolute Gasteiger partial charge is 0.0367 e. The average Bonchev–Trinajstić information content (AvgIpc) is 2.29. The predicted molar refractivity (Wildman–Crippen MR) is 64.5 cm³/mol. The molecule has 0 spiro atoms. The molecule has 0 unspecified atom stereocenters. The molecule has 1 saturated heterocycles. The molecule has 1 atom stereocenters. The van der Waals surface area contributed by atoms with E-state index in [-0.39, 0.29) is 0 Å². The largest absolute Gasteiger partial charge is 0.369 e. The molecule has 1 aliphatic heterocycles. The molecule has 0 aromatic heterocycles. The molecule has 0 bridgehead atoms. The summed E-state index contributed by atoms with van der Waals surface area (Å²) in [6.07, 6.45) is 0. The van der Waals surface area contributed by atoms with Crippen LogP contribution in [0.1, 0.15) is 12.5 Å². The molecule has 1 aromatic rings. The van der Waals surface area contributed by atoms with Crippen molar-refractivity contribution in [2.75, 3.05) is 19.6 Å². The highest BCUT2D eigenvalue weighted by Crippen LogP contribution is 2.18. The van der Waals surface area contributed by atoms with Crippen molar-refractivity contribution in [2.24, 2.45) is 0 Å². The molecule has 80 valence electrons. The Morgan fingerprint density at radius 2 is 2.13 bits per heavy atom. The van der Waals surface area contributed by atoms with E-state index in [1.54, 1.807) is 0 Å². The molecule has 0 amide bonds. The van der Waals surface area contributed by atoms with E-state index in [0.717, 1.165) is 25.3 Å². The van der Waals surface area contributed by atoms with Gasteiger partial charge in [-0.25, -0.2) is 0 Å². The van der Waals surface area contributed by atoms with Crippen LogP contribution >= 0.6 is 0 Å². The van der Waals surface area contributed by atoms with Crippen molar-refractivity contribution in [2.45, 2.75) is 13.0 Å². The van der Waals surface area contributed by atoms with Crippen LogP contribution in [0.15, 0.2) is 36.9 Å². The fraction of sp³-hybridized carbons (Fsp3) is 0.385. The van der Waals surface area contributed by atoms with Crippen LogP contribution in [0.25, 0.3) is 5.70 Å². The summed E-state index contributed by atoms with van der Waals surface area (Å²) in [6, 6.07) is 11.0. The minimum atomic E-state index is 0.555. The first-order valence-corrected chi connectivity index (χ1v) is 5.50. The van der Waals surface area contributed by atoms with Crippen LogP contribution in [0.5, 0.6) is 0 Å². The van der Waals surface area contributed by atoms with Crippen LogP contribution in [0.4, 0.5) is 0 Å². The molecule has 1 aromatic carbocycles. The van der Waals surface area contributed by atoms with Crippen LogP contribution in [0.3, 0.4) is 0 Å². The highest BCUT2D eigenvalue weighted by Gasteiger charge is 2.16. The number of hydrogen-bond donors (Lipinski definition) is 1. The van der Waals surface area contributed by atoms with Gasteiger partial charge in [-0.15, -0.1) is 0 Å². The zero-order valence-electron chi connectivity index (χ0n) is 9.24. The van der Waals surface area contributed by atoms with E-state index in [2.05, 4.69) is 48.0 Å².